The fourth-order valence-corrected chi connectivity index (χ4v) is 1.25. The summed E-state index contributed by atoms with van der Waals surface area (Å²) in [6.45, 7) is 0. The smallest absolute Gasteiger partial charge is 0.123 e. The summed E-state index contributed by atoms with van der Waals surface area (Å²) in [6, 6.07) is 9.78. The number of aldehydes is 1. The SMILES string of the molecule is O=CCc1nc(-c2ccccc2)c[n-]1.[Ta]. The third kappa shape index (κ3) is 2.89. The normalized spacial score (nSPS) is 9.33. The molecule has 0 amide bonds. The largest absolute Gasteiger partial charge is 0.446 e. The monoisotopic (exact) mass is 366 g/mol. The van der Waals surface area contributed by atoms with E-state index in [1.165, 1.54) is 0 Å². The molecule has 0 spiro atoms. The van der Waals surface area contributed by atoms with Crippen LogP contribution in [-0.2, 0) is 33.6 Å². The molecule has 0 atom stereocenters. The summed E-state index contributed by atoms with van der Waals surface area (Å²) in [5.41, 5.74) is 1.85. The Kier molecular flexibility index (Phi) is 4.49. The van der Waals surface area contributed by atoms with Crippen LogP contribution in [0.5, 0.6) is 0 Å². The molecule has 0 unspecified atom stereocenters. The molecule has 0 aliphatic carbocycles. The van der Waals surface area contributed by atoms with Crippen LogP contribution in [0.2, 0.25) is 0 Å². The molecule has 2 aromatic rings. The van der Waals surface area contributed by atoms with E-state index in [1.807, 2.05) is 30.3 Å². The summed E-state index contributed by atoms with van der Waals surface area (Å²) in [5, 5.41) is 0. The van der Waals surface area contributed by atoms with E-state index in [2.05, 4.69) is 9.97 Å². The van der Waals surface area contributed by atoms with E-state index >= 15 is 0 Å². The Hall–Kier alpha value is -1.16. The maximum atomic E-state index is 10.2. The molecular weight excluding hydrogens is 357 g/mol. The van der Waals surface area contributed by atoms with Crippen LogP contribution in [0.25, 0.3) is 11.3 Å². The molecule has 0 fully saturated rings. The Morgan fingerprint density at radius 2 is 2.00 bits per heavy atom. The zero-order chi connectivity index (χ0) is 9.80. The molecule has 0 aliphatic heterocycles. The minimum Gasteiger partial charge on any atom is -0.446 e. The van der Waals surface area contributed by atoms with Crippen LogP contribution in [0, 0.1) is 0 Å². The van der Waals surface area contributed by atoms with Gasteiger partial charge >= 0.3 is 0 Å². The molecule has 4 heteroatoms. The predicted octanol–water partition coefficient (Wildman–Crippen LogP) is 1.44. The van der Waals surface area contributed by atoms with Crippen LogP contribution in [0.3, 0.4) is 0 Å². The van der Waals surface area contributed by atoms with Crippen molar-refractivity contribution in [2.24, 2.45) is 0 Å². The summed E-state index contributed by atoms with van der Waals surface area (Å²) < 4.78 is 0. The second-order valence-corrected chi connectivity index (χ2v) is 2.91. The van der Waals surface area contributed by atoms with Gasteiger partial charge in [-0.2, -0.15) is 0 Å². The van der Waals surface area contributed by atoms with Crippen LogP contribution < -0.4 is 4.98 Å². The van der Waals surface area contributed by atoms with Crippen molar-refractivity contribution in [3.8, 4) is 11.3 Å². The van der Waals surface area contributed by atoms with Gasteiger partial charge in [0.25, 0.3) is 0 Å². The minimum atomic E-state index is 0. The predicted molar refractivity (Wildman–Crippen MR) is 52.8 cm³/mol. The second-order valence-electron chi connectivity index (χ2n) is 2.91. The molecule has 0 bridgehead atoms. The third-order valence-corrected chi connectivity index (χ3v) is 1.92. The van der Waals surface area contributed by atoms with Gasteiger partial charge in [-0.15, -0.1) is 0 Å². The van der Waals surface area contributed by atoms with Crippen molar-refractivity contribution >= 4 is 6.29 Å². The molecule has 3 nitrogen and oxygen atoms in total. The van der Waals surface area contributed by atoms with Gasteiger partial charge in [0.05, 0.1) is 0 Å². The topological polar surface area (TPSA) is 44.1 Å². The second kappa shape index (κ2) is 5.66. The zero-order valence-electron chi connectivity index (χ0n) is 8.00. The van der Waals surface area contributed by atoms with Gasteiger partial charge in [-0.05, 0) is 11.3 Å². The maximum absolute atomic E-state index is 10.2. The van der Waals surface area contributed by atoms with Gasteiger partial charge < -0.3 is 14.8 Å². The number of benzene rings is 1. The van der Waals surface area contributed by atoms with Crippen LogP contribution in [0.15, 0.2) is 36.5 Å². The van der Waals surface area contributed by atoms with Crippen molar-refractivity contribution < 1.29 is 27.2 Å². The fourth-order valence-electron chi connectivity index (χ4n) is 1.25. The van der Waals surface area contributed by atoms with E-state index in [0.717, 1.165) is 17.5 Å². The summed E-state index contributed by atoms with van der Waals surface area (Å²) in [6.07, 6.45) is 2.78. The van der Waals surface area contributed by atoms with Crippen LogP contribution in [0.1, 0.15) is 5.82 Å². The van der Waals surface area contributed by atoms with E-state index in [0.29, 0.717) is 5.82 Å². The molecule has 0 aliphatic rings. The first-order valence-electron chi connectivity index (χ1n) is 4.38. The van der Waals surface area contributed by atoms with Gasteiger partial charge in [0, 0.05) is 28.8 Å². The van der Waals surface area contributed by atoms with Gasteiger partial charge in [-0.3, -0.25) is 0 Å². The molecule has 0 saturated heterocycles. The standard InChI is InChI=1S/C11H9N2O.Ta/c14-7-6-11-12-8-10(13-11)9-4-2-1-3-5-9;/h1-5,7-8H,6H2;/q-1;. The summed E-state index contributed by atoms with van der Waals surface area (Å²) in [4.78, 5) is 18.5. The van der Waals surface area contributed by atoms with Crippen molar-refractivity contribution in [3.63, 3.8) is 0 Å². The van der Waals surface area contributed by atoms with E-state index in [9.17, 15) is 4.79 Å². The van der Waals surface area contributed by atoms with Crippen molar-refractivity contribution in [2.45, 2.75) is 6.42 Å². The summed E-state index contributed by atoms with van der Waals surface area (Å²) in [5.74, 6) is 0.582. The Labute approximate surface area is 103 Å². The van der Waals surface area contributed by atoms with Gasteiger partial charge in [0.15, 0.2) is 0 Å². The van der Waals surface area contributed by atoms with Crippen LogP contribution >= 0.6 is 0 Å². The average molecular weight is 366 g/mol. The first kappa shape index (κ1) is 11.9. The molecule has 75 valence electrons. The molecule has 2 rings (SSSR count). The maximum Gasteiger partial charge on any atom is 0.123 e. The molecule has 1 aromatic heterocycles. The van der Waals surface area contributed by atoms with Crippen molar-refractivity contribution in [1.29, 1.82) is 0 Å². The quantitative estimate of drug-likeness (QED) is 0.773. The number of imidazole rings is 1. The van der Waals surface area contributed by atoms with Gasteiger partial charge in [-0.25, -0.2) is 0 Å². The molecule has 1 aromatic carbocycles. The van der Waals surface area contributed by atoms with Crippen molar-refractivity contribution in [2.75, 3.05) is 0 Å². The van der Waals surface area contributed by atoms with Gasteiger partial charge in [0.1, 0.15) is 6.29 Å². The van der Waals surface area contributed by atoms with Crippen LogP contribution in [-0.4, -0.2) is 11.3 Å². The molecule has 0 N–H and O–H groups in total. The van der Waals surface area contributed by atoms with E-state index in [4.69, 9.17) is 0 Å². The Balaban J connectivity index is 0.00000112. The third-order valence-electron chi connectivity index (χ3n) is 1.92. The molecule has 1 radical (unpaired) electrons. The number of carbonyl (C=O) groups is 1. The summed E-state index contributed by atoms with van der Waals surface area (Å²) >= 11 is 0. The van der Waals surface area contributed by atoms with Crippen molar-refractivity contribution in [3.05, 3.63) is 42.4 Å². The minimum absolute atomic E-state index is 0. The summed E-state index contributed by atoms with van der Waals surface area (Å²) in [7, 11) is 0. The molecule has 1 heterocycles. The number of aromatic nitrogens is 2. The Morgan fingerprint density at radius 3 is 2.67 bits per heavy atom. The van der Waals surface area contributed by atoms with E-state index in [-0.39, 0.29) is 28.8 Å². The zero-order valence-corrected chi connectivity index (χ0v) is 11.2. The number of carbonyl (C=O) groups excluding carboxylic acids is 1. The molecular formula is C11H9N2OTa-. The Morgan fingerprint density at radius 1 is 1.27 bits per heavy atom. The Bertz CT molecular complexity index is 425. The van der Waals surface area contributed by atoms with E-state index in [1.54, 1.807) is 6.20 Å². The first-order chi connectivity index (χ1) is 6.90. The number of hydrogen-bond acceptors (Lipinski definition) is 2. The number of hydrogen-bond donors (Lipinski definition) is 0. The fraction of sp³-hybridized carbons (Fsp3) is 0.0909. The number of rotatable bonds is 3. The van der Waals surface area contributed by atoms with E-state index < -0.39 is 0 Å². The first-order valence-corrected chi connectivity index (χ1v) is 4.38. The average Bonchev–Trinajstić information content (AvgIpc) is 2.68. The van der Waals surface area contributed by atoms with Crippen LogP contribution in [0.4, 0.5) is 0 Å². The van der Waals surface area contributed by atoms with Crippen molar-refractivity contribution in [1.82, 2.24) is 9.97 Å². The molecule has 0 saturated carbocycles. The molecule has 15 heavy (non-hydrogen) atoms. The van der Waals surface area contributed by atoms with Gasteiger partial charge in [0.2, 0.25) is 0 Å². The number of nitrogens with zero attached hydrogens (tertiary/aromatic N) is 2. The van der Waals surface area contributed by atoms with Gasteiger partial charge in [-0.1, -0.05) is 42.4 Å².